The SMILES string of the molecule is CN(CCCNC(=O)Nc1ccc(C2CCCCC2)cc1)C[C@H]1O[C@@H](n2cnc3c(N)ncnc32)C(O)[C@@H]1O.CN(CCCNC(=O)Nc1ccc(C2CCCCC2)cc1)C[C@H]1O[C@@H](n2cnc3c(N)ncnc32)C2OC(C)(C)O[C@@H]21. The summed E-state index contributed by atoms with van der Waals surface area (Å²) in [6.07, 6.45) is 15.4. The van der Waals surface area contributed by atoms with Crippen molar-refractivity contribution >= 4 is 57.4 Å². The van der Waals surface area contributed by atoms with Gasteiger partial charge in [0.2, 0.25) is 0 Å². The van der Waals surface area contributed by atoms with Crippen molar-refractivity contribution in [1.82, 2.24) is 59.5 Å². The molecule has 81 heavy (non-hydrogen) atoms. The number of fused-ring (bicyclic) bond motifs is 3. The average Bonchev–Trinajstić information content (AvgIpc) is 4.50. The second-order valence-electron chi connectivity index (χ2n) is 22.7. The number of carbonyl (C=O) groups excluding carboxylic acids is 2. The fraction of sp³-hybridized carbons (Fsp3) is 0.579. The molecule has 2 aromatic carbocycles. The molecule has 5 fully saturated rings. The summed E-state index contributed by atoms with van der Waals surface area (Å²) in [7, 11) is 3.95. The number of anilines is 4. The number of nitrogens with one attached hydrogen (secondary N) is 4. The molecule has 5 aliphatic rings. The number of nitrogens with zero attached hydrogens (tertiary/aromatic N) is 10. The highest BCUT2D eigenvalue weighted by Gasteiger charge is 2.56. The van der Waals surface area contributed by atoms with Crippen molar-refractivity contribution in [2.75, 3.05) is 75.5 Å². The Hall–Kier alpha value is -6.64. The lowest BCUT2D eigenvalue weighted by atomic mass is 9.84. The quantitative estimate of drug-likeness (QED) is 0.0442. The molecule has 2 aliphatic carbocycles. The molecule has 0 bridgehead atoms. The summed E-state index contributed by atoms with van der Waals surface area (Å²) in [5.74, 6) is 1.12. The summed E-state index contributed by atoms with van der Waals surface area (Å²) in [4.78, 5) is 54.1. The standard InChI is InChI=1S/C30H42N8O4.C27H38N8O4/c1-30(2)41-24-22(40-28(25(24)42-30)38-18-35-23-26(31)33-17-34-27(23)38)16-37(3)15-7-14-32-29(39)36-21-12-10-20(11-13-21)19-8-5-4-6-9-19;1-34(13-5-12-29-27(38)33-19-10-8-18(9-11-19)17-6-3-2-4-7-17)14-20-22(36)23(37)26(39-20)35-16-32-21-24(28)30-15-31-25(21)35/h10-13,17-19,22,24-25,28H,4-9,14-16H2,1-3H3,(H2,31,33,34)(H2,32,36,39);8-11,15-17,20,22-23,26,36-37H,2-7,12-14H2,1H3,(H2,28,30,31)(H2,29,33,38)/t22-,24-,25?,28-;20-,22-,23?,26-/m11/s1. The minimum absolute atomic E-state index is 0.191. The second-order valence-corrected chi connectivity index (χ2v) is 22.7. The molecule has 6 aromatic rings. The largest absolute Gasteiger partial charge is 0.387 e. The fourth-order valence-corrected chi connectivity index (χ4v) is 12.1. The van der Waals surface area contributed by atoms with Crippen LogP contribution in [0.15, 0.2) is 73.8 Å². The predicted octanol–water partition coefficient (Wildman–Crippen LogP) is 6.24. The van der Waals surface area contributed by atoms with Gasteiger partial charge in [0.05, 0.1) is 12.7 Å². The molecule has 11 rings (SSSR count). The van der Waals surface area contributed by atoms with Gasteiger partial charge in [-0.25, -0.2) is 39.5 Å². The van der Waals surface area contributed by atoms with E-state index in [0.29, 0.717) is 79.1 Å². The van der Waals surface area contributed by atoms with E-state index in [-0.39, 0.29) is 36.2 Å². The molecule has 2 saturated carbocycles. The molecule has 24 heteroatoms. The third-order valence-electron chi connectivity index (χ3n) is 16.3. The number of aliphatic hydroxyl groups excluding tert-OH is 2. The zero-order valence-electron chi connectivity index (χ0n) is 46.9. The minimum Gasteiger partial charge on any atom is -0.387 e. The van der Waals surface area contributed by atoms with Gasteiger partial charge >= 0.3 is 12.1 Å². The van der Waals surface area contributed by atoms with Gasteiger partial charge in [-0.15, -0.1) is 0 Å². The Balaban J connectivity index is 0.000000182. The summed E-state index contributed by atoms with van der Waals surface area (Å²) in [5, 5.41) is 33.0. The van der Waals surface area contributed by atoms with Gasteiger partial charge in [-0.05, 0) is 127 Å². The molecule has 8 atom stereocenters. The molecule has 3 saturated heterocycles. The molecule has 0 spiro atoms. The van der Waals surface area contributed by atoms with Gasteiger partial charge in [0.25, 0.3) is 0 Å². The van der Waals surface area contributed by atoms with Gasteiger partial charge in [-0.3, -0.25) is 9.13 Å². The molecule has 4 aromatic heterocycles. The summed E-state index contributed by atoms with van der Waals surface area (Å²) in [6, 6.07) is 16.1. The highest BCUT2D eigenvalue weighted by molar-refractivity contribution is 5.90. The Labute approximate surface area is 472 Å². The second kappa shape index (κ2) is 26.1. The van der Waals surface area contributed by atoms with Crippen LogP contribution < -0.4 is 32.7 Å². The number of likely N-dealkylation sites (N-methyl/N-ethyl adjacent to an activating group) is 2. The maximum absolute atomic E-state index is 12.5. The van der Waals surface area contributed by atoms with Crippen LogP contribution in [0, 0.1) is 0 Å². The van der Waals surface area contributed by atoms with Crippen LogP contribution in [-0.2, 0) is 18.9 Å². The molecule has 4 amide bonds. The zero-order chi connectivity index (χ0) is 56.6. The number of aliphatic hydroxyl groups is 2. The molecule has 10 N–H and O–H groups in total. The number of hydrogen-bond donors (Lipinski definition) is 8. The first-order valence-electron chi connectivity index (χ1n) is 28.7. The van der Waals surface area contributed by atoms with Crippen LogP contribution in [0.5, 0.6) is 0 Å². The zero-order valence-corrected chi connectivity index (χ0v) is 46.9. The van der Waals surface area contributed by atoms with Crippen molar-refractivity contribution in [3.05, 3.63) is 85.0 Å². The van der Waals surface area contributed by atoms with E-state index < -0.39 is 36.6 Å². The van der Waals surface area contributed by atoms with E-state index in [2.05, 4.69) is 80.3 Å². The Kier molecular flexibility index (Phi) is 18.5. The number of ether oxygens (including phenoxy) is 4. The molecule has 0 radical (unpaired) electrons. The summed E-state index contributed by atoms with van der Waals surface area (Å²) in [5.41, 5.74) is 18.1. The van der Waals surface area contributed by atoms with E-state index in [1.165, 1.54) is 94.3 Å². The lowest BCUT2D eigenvalue weighted by Crippen LogP contribution is -2.39. The number of aromatic nitrogens is 8. The van der Waals surface area contributed by atoms with Crippen molar-refractivity contribution in [2.24, 2.45) is 0 Å². The maximum Gasteiger partial charge on any atom is 0.319 e. The fourth-order valence-electron chi connectivity index (χ4n) is 12.1. The van der Waals surface area contributed by atoms with Gasteiger partial charge in [-0.2, -0.15) is 0 Å². The first-order valence-corrected chi connectivity index (χ1v) is 28.7. The Morgan fingerprint density at radius 3 is 1.54 bits per heavy atom. The van der Waals surface area contributed by atoms with Gasteiger partial charge in [0, 0.05) is 37.6 Å². The lowest BCUT2D eigenvalue weighted by Gasteiger charge is -2.27. The van der Waals surface area contributed by atoms with Crippen LogP contribution in [0.3, 0.4) is 0 Å². The lowest BCUT2D eigenvalue weighted by molar-refractivity contribution is -0.197. The molecule has 24 nitrogen and oxygen atoms in total. The van der Waals surface area contributed by atoms with Crippen molar-refractivity contribution in [1.29, 1.82) is 0 Å². The van der Waals surface area contributed by atoms with Crippen LogP contribution in [0.4, 0.5) is 32.6 Å². The van der Waals surface area contributed by atoms with Crippen LogP contribution >= 0.6 is 0 Å². The third kappa shape index (κ3) is 14.0. The van der Waals surface area contributed by atoms with Crippen molar-refractivity contribution < 1.29 is 38.7 Å². The number of nitrogen functional groups attached to an aromatic ring is 2. The number of urea groups is 2. The molecular formula is C57H80N16O8. The van der Waals surface area contributed by atoms with Gasteiger partial charge in [0.15, 0.2) is 41.2 Å². The minimum atomic E-state index is -1.15. The van der Waals surface area contributed by atoms with E-state index in [1.807, 2.05) is 61.7 Å². The van der Waals surface area contributed by atoms with E-state index in [4.69, 9.17) is 30.4 Å². The number of benzene rings is 2. The van der Waals surface area contributed by atoms with E-state index >= 15 is 0 Å². The highest BCUT2D eigenvalue weighted by Crippen LogP contribution is 2.44. The molecule has 436 valence electrons. The smallest absolute Gasteiger partial charge is 0.319 e. The monoisotopic (exact) mass is 1120 g/mol. The Morgan fingerprint density at radius 1 is 0.605 bits per heavy atom. The number of carbonyl (C=O) groups is 2. The average molecular weight is 1120 g/mol. The maximum atomic E-state index is 12.5. The van der Waals surface area contributed by atoms with Crippen LogP contribution in [0.2, 0.25) is 0 Å². The molecule has 7 heterocycles. The van der Waals surface area contributed by atoms with Gasteiger partial charge in [-0.1, -0.05) is 62.8 Å². The third-order valence-corrected chi connectivity index (χ3v) is 16.3. The summed E-state index contributed by atoms with van der Waals surface area (Å²) < 4.78 is 28.5. The predicted molar refractivity (Wildman–Crippen MR) is 306 cm³/mol. The first kappa shape index (κ1) is 57.6. The van der Waals surface area contributed by atoms with E-state index in [0.717, 1.165) is 24.3 Å². The summed E-state index contributed by atoms with van der Waals surface area (Å²) >= 11 is 0. The molecular weight excluding hydrogens is 1040 g/mol. The van der Waals surface area contributed by atoms with Crippen LogP contribution in [0.25, 0.3) is 22.3 Å². The van der Waals surface area contributed by atoms with E-state index in [9.17, 15) is 19.8 Å². The van der Waals surface area contributed by atoms with Gasteiger partial charge < -0.3 is 71.7 Å². The van der Waals surface area contributed by atoms with Crippen LogP contribution in [0.1, 0.15) is 126 Å². The van der Waals surface area contributed by atoms with Crippen LogP contribution in [-0.4, -0.2) is 167 Å². The summed E-state index contributed by atoms with van der Waals surface area (Å²) in [6.45, 7) is 7.37. The number of rotatable bonds is 18. The number of hydrogen-bond acceptors (Lipinski definition) is 18. The number of amides is 4. The topological polar surface area (TPSA) is 305 Å². The number of imidazole rings is 2. The molecule has 3 aliphatic heterocycles. The first-order chi connectivity index (χ1) is 39.2. The van der Waals surface area contributed by atoms with Crippen molar-refractivity contribution in [3.63, 3.8) is 0 Å². The van der Waals surface area contributed by atoms with Crippen molar-refractivity contribution in [2.45, 2.75) is 158 Å². The van der Waals surface area contributed by atoms with Gasteiger partial charge in [0.1, 0.15) is 60.3 Å². The number of nitrogens with two attached hydrogens (primary N) is 2. The molecule has 2 unspecified atom stereocenters. The van der Waals surface area contributed by atoms with Crippen molar-refractivity contribution in [3.8, 4) is 0 Å². The Bertz CT molecular complexity index is 3020. The highest BCUT2D eigenvalue weighted by atomic mass is 16.8. The Morgan fingerprint density at radius 2 is 1.05 bits per heavy atom. The normalized spacial score (nSPS) is 24.8. The van der Waals surface area contributed by atoms with E-state index in [1.54, 1.807) is 10.9 Å².